The van der Waals surface area contributed by atoms with Gasteiger partial charge in [-0.1, -0.05) is 36.4 Å². The molecule has 1 aliphatic rings. The summed E-state index contributed by atoms with van der Waals surface area (Å²) >= 11 is 0. The lowest BCUT2D eigenvalue weighted by molar-refractivity contribution is 0.151. The Morgan fingerprint density at radius 2 is 1.55 bits per heavy atom. The first kappa shape index (κ1) is 19.7. The van der Waals surface area contributed by atoms with Crippen LogP contribution in [-0.4, -0.2) is 48.1 Å². The van der Waals surface area contributed by atoms with Gasteiger partial charge in [-0.3, -0.25) is 0 Å². The Bertz CT molecular complexity index is 1170. The topological polar surface area (TPSA) is 35.2 Å². The van der Waals surface area contributed by atoms with E-state index >= 15 is 0 Å². The average Bonchev–Trinajstić information content (AvgIpc) is 3.28. The number of nitrogens with one attached hydrogen (secondary N) is 1. The second-order valence-corrected chi connectivity index (χ2v) is 8.05. The summed E-state index contributed by atoms with van der Waals surface area (Å²) in [6, 6.07) is 17.1. The molecule has 1 saturated heterocycles. The first-order valence-electron chi connectivity index (χ1n) is 10.5. The van der Waals surface area contributed by atoms with Gasteiger partial charge in [0.1, 0.15) is 5.65 Å². The minimum Gasteiger partial charge on any atom is -0.369 e. The fourth-order valence-electron chi connectivity index (χ4n) is 4.25. The van der Waals surface area contributed by atoms with Crippen LogP contribution in [0.2, 0.25) is 0 Å². The largest absolute Gasteiger partial charge is 0.369 e. The summed E-state index contributed by atoms with van der Waals surface area (Å²) in [7, 11) is 2.15. The minimum absolute atomic E-state index is 0.0255. The maximum atomic E-state index is 13.0. The van der Waals surface area contributed by atoms with Crippen LogP contribution < -0.4 is 4.90 Å². The number of benzene rings is 2. The molecule has 0 unspecified atom stereocenters. The number of fused-ring (bicyclic) bond motifs is 1. The van der Waals surface area contributed by atoms with Gasteiger partial charge in [-0.15, -0.1) is 0 Å². The van der Waals surface area contributed by atoms with Crippen LogP contribution in [0.25, 0.3) is 33.3 Å². The first-order valence-corrected chi connectivity index (χ1v) is 10.5. The number of H-pyrrole nitrogens is 1. The maximum absolute atomic E-state index is 13.0. The van der Waals surface area contributed by atoms with Gasteiger partial charge in [0, 0.05) is 66.3 Å². The minimum atomic E-state index is -2.47. The fraction of sp³-hybridized carbons (Fsp3) is 0.240. The maximum Gasteiger partial charge on any atom is 0.263 e. The lowest BCUT2D eigenvalue weighted by Crippen LogP contribution is -2.44. The number of aromatic nitrogens is 2. The Labute approximate surface area is 180 Å². The van der Waals surface area contributed by atoms with Crippen molar-refractivity contribution in [2.45, 2.75) is 6.43 Å². The van der Waals surface area contributed by atoms with E-state index in [-0.39, 0.29) is 5.56 Å². The van der Waals surface area contributed by atoms with Crippen molar-refractivity contribution in [1.82, 2.24) is 14.9 Å². The van der Waals surface area contributed by atoms with Crippen molar-refractivity contribution in [2.75, 3.05) is 38.1 Å². The second-order valence-electron chi connectivity index (χ2n) is 8.05. The third kappa shape index (κ3) is 3.79. The van der Waals surface area contributed by atoms with E-state index in [1.807, 2.05) is 18.5 Å². The molecule has 2 aromatic carbocycles. The summed E-state index contributed by atoms with van der Waals surface area (Å²) in [6.07, 6.45) is 1.23. The molecule has 3 heterocycles. The molecule has 2 aromatic heterocycles. The molecule has 4 aromatic rings. The molecule has 6 heteroatoms. The van der Waals surface area contributed by atoms with Gasteiger partial charge in [-0.2, -0.15) is 0 Å². The number of pyridine rings is 1. The average molecular weight is 418 g/mol. The number of likely N-dealkylation sites (N-methyl/N-ethyl adjacent to an activating group) is 1. The predicted molar refractivity (Wildman–Crippen MR) is 122 cm³/mol. The van der Waals surface area contributed by atoms with E-state index in [2.05, 4.69) is 51.1 Å². The molecule has 0 saturated carbocycles. The molecule has 0 radical (unpaired) electrons. The highest BCUT2D eigenvalue weighted by atomic mass is 19.3. The van der Waals surface area contributed by atoms with Gasteiger partial charge in [-0.05, 0) is 36.4 Å². The van der Waals surface area contributed by atoms with Crippen molar-refractivity contribution in [3.63, 3.8) is 0 Å². The van der Waals surface area contributed by atoms with Gasteiger partial charge >= 0.3 is 0 Å². The lowest BCUT2D eigenvalue weighted by Gasteiger charge is -2.34. The zero-order chi connectivity index (χ0) is 21.4. The fourth-order valence-corrected chi connectivity index (χ4v) is 4.25. The van der Waals surface area contributed by atoms with Crippen molar-refractivity contribution in [3.05, 3.63) is 72.6 Å². The predicted octanol–water partition coefficient (Wildman–Crippen LogP) is 5.59. The molecule has 1 N–H and O–H groups in total. The van der Waals surface area contributed by atoms with Crippen LogP contribution in [0.15, 0.2) is 67.0 Å². The summed E-state index contributed by atoms with van der Waals surface area (Å²) in [5.41, 5.74) is 6.00. The number of anilines is 1. The zero-order valence-corrected chi connectivity index (χ0v) is 17.4. The molecule has 0 aliphatic carbocycles. The van der Waals surface area contributed by atoms with E-state index in [4.69, 9.17) is 0 Å². The molecule has 1 fully saturated rings. The van der Waals surface area contributed by atoms with E-state index in [1.54, 1.807) is 12.1 Å². The standard InChI is InChI=1S/C25H24F2N4/c1-30-12-14-31(15-13-30)20-8-6-18(7-9-20)23-21-10-11-28-25(21)29-16-22(23)17-2-4-19(5-3-17)24(26)27/h2-11,16,24H,12-15H2,1H3,(H,28,29). The van der Waals surface area contributed by atoms with Crippen LogP contribution in [0.1, 0.15) is 12.0 Å². The number of aromatic amines is 1. The van der Waals surface area contributed by atoms with E-state index in [0.29, 0.717) is 0 Å². The van der Waals surface area contributed by atoms with Gasteiger partial charge in [-0.25, -0.2) is 13.8 Å². The van der Waals surface area contributed by atoms with Gasteiger partial charge in [0.25, 0.3) is 6.43 Å². The normalized spacial score (nSPS) is 15.2. The molecule has 0 spiro atoms. The molecule has 0 amide bonds. The quantitative estimate of drug-likeness (QED) is 0.469. The number of piperazine rings is 1. The first-order chi connectivity index (χ1) is 15.1. The summed E-state index contributed by atoms with van der Waals surface area (Å²) in [4.78, 5) is 12.5. The highest BCUT2D eigenvalue weighted by Gasteiger charge is 2.17. The van der Waals surface area contributed by atoms with Crippen molar-refractivity contribution in [3.8, 4) is 22.3 Å². The van der Waals surface area contributed by atoms with Crippen molar-refractivity contribution < 1.29 is 8.78 Å². The molecule has 0 bridgehead atoms. The van der Waals surface area contributed by atoms with Crippen LogP contribution >= 0.6 is 0 Å². The summed E-state index contributed by atoms with van der Waals surface area (Å²) in [5, 5.41) is 1.02. The Morgan fingerprint density at radius 3 is 2.23 bits per heavy atom. The van der Waals surface area contributed by atoms with Gasteiger partial charge in [0.15, 0.2) is 0 Å². The summed E-state index contributed by atoms with van der Waals surface area (Å²) in [6.45, 7) is 4.17. The summed E-state index contributed by atoms with van der Waals surface area (Å²) < 4.78 is 26.0. The number of hydrogen-bond acceptors (Lipinski definition) is 3. The Morgan fingerprint density at radius 1 is 0.871 bits per heavy atom. The Balaban J connectivity index is 1.55. The van der Waals surface area contributed by atoms with Gasteiger partial charge in [0.2, 0.25) is 0 Å². The van der Waals surface area contributed by atoms with Gasteiger partial charge in [0.05, 0.1) is 0 Å². The highest BCUT2D eigenvalue weighted by molar-refractivity contribution is 6.01. The molecule has 158 valence electrons. The number of nitrogens with zero attached hydrogens (tertiary/aromatic N) is 3. The molecular formula is C25H24F2N4. The lowest BCUT2D eigenvalue weighted by atomic mass is 9.93. The van der Waals surface area contributed by atoms with Crippen LogP contribution in [0, 0.1) is 0 Å². The monoisotopic (exact) mass is 418 g/mol. The van der Waals surface area contributed by atoms with Crippen LogP contribution in [0.3, 0.4) is 0 Å². The third-order valence-corrected chi connectivity index (χ3v) is 6.08. The van der Waals surface area contributed by atoms with E-state index in [1.165, 1.54) is 17.8 Å². The van der Waals surface area contributed by atoms with E-state index < -0.39 is 6.43 Å². The molecule has 5 rings (SSSR count). The second kappa shape index (κ2) is 8.12. The molecule has 31 heavy (non-hydrogen) atoms. The molecule has 4 nitrogen and oxygen atoms in total. The van der Waals surface area contributed by atoms with Crippen molar-refractivity contribution in [1.29, 1.82) is 0 Å². The SMILES string of the molecule is CN1CCN(c2ccc(-c3c(-c4ccc(C(F)F)cc4)cnc4[nH]ccc34)cc2)CC1. The number of hydrogen-bond donors (Lipinski definition) is 1. The van der Waals surface area contributed by atoms with Crippen molar-refractivity contribution in [2.24, 2.45) is 0 Å². The molecular weight excluding hydrogens is 394 g/mol. The van der Waals surface area contributed by atoms with Crippen LogP contribution in [0.4, 0.5) is 14.5 Å². The number of alkyl halides is 2. The molecule has 1 aliphatic heterocycles. The van der Waals surface area contributed by atoms with E-state index in [9.17, 15) is 8.78 Å². The molecule has 0 atom stereocenters. The number of halogens is 2. The smallest absolute Gasteiger partial charge is 0.263 e. The Kier molecular flexibility index (Phi) is 5.16. The van der Waals surface area contributed by atoms with Crippen LogP contribution in [0.5, 0.6) is 0 Å². The van der Waals surface area contributed by atoms with Gasteiger partial charge < -0.3 is 14.8 Å². The Hall–Kier alpha value is -3.25. The third-order valence-electron chi connectivity index (χ3n) is 6.08. The van der Waals surface area contributed by atoms with Crippen LogP contribution in [-0.2, 0) is 0 Å². The highest BCUT2D eigenvalue weighted by Crippen LogP contribution is 2.38. The zero-order valence-electron chi connectivity index (χ0n) is 17.4. The van der Waals surface area contributed by atoms with E-state index in [0.717, 1.165) is 59.5 Å². The van der Waals surface area contributed by atoms with Crippen molar-refractivity contribution >= 4 is 16.7 Å². The summed E-state index contributed by atoms with van der Waals surface area (Å²) in [5.74, 6) is 0. The number of rotatable bonds is 4.